The van der Waals surface area contributed by atoms with Crippen molar-refractivity contribution in [3.05, 3.63) is 0 Å². The summed E-state index contributed by atoms with van der Waals surface area (Å²) in [6.07, 6.45) is 1.87. The molecule has 6 heteroatoms. The van der Waals surface area contributed by atoms with Crippen molar-refractivity contribution in [2.75, 3.05) is 19.6 Å². The lowest BCUT2D eigenvalue weighted by atomic mass is 10.0. The van der Waals surface area contributed by atoms with Gasteiger partial charge in [0, 0.05) is 43.6 Å². The average Bonchev–Trinajstić information content (AvgIpc) is 2.89. The zero-order chi connectivity index (χ0) is 18.1. The van der Waals surface area contributed by atoms with Crippen molar-refractivity contribution >= 4 is 17.7 Å². The summed E-state index contributed by atoms with van der Waals surface area (Å²) in [6, 6.07) is 0.104. The van der Waals surface area contributed by atoms with Crippen LogP contribution in [0.1, 0.15) is 53.9 Å². The Labute approximate surface area is 144 Å². The predicted molar refractivity (Wildman–Crippen MR) is 92.2 cm³/mol. The summed E-state index contributed by atoms with van der Waals surface area (Å²) in [4.78, 5) is 40.3. The third-order valence-corrected chi connectivity index (χ3v) is 4.95. The maximum absolute atomic E-state index is 12.5. The fourth-order valence-electron chi connectivity index (χ4n) is 3.46. The summed E-state index contributed by atoms with van der Waals surface area (Å²) in [6.45, 7) is 11.7. The summed E-state index contributed by atoms with van der Waals surface area (Å²) in [5.74, 6) is -0.0261. The first-order chi connectivity index (χ1) is 11.1. The molecule has 24 heavy (non-hydrogen) atoms. The first kappa shape index (κ1) is 18.7. The highest BCUT2D eigenvalue weighted by Crippen LogP contribution is 2.26. The highest BCUT2D eigenvalue weighted by molar-refractivity contribution is 5.89. The molecule has 2 aliphatic rings. The molecule has 0 aromatic heterocycles. The normalized spacial score (nSPS) is 23.1. The van der Waals surface area contributed by atoms with Gasteiger partial charge in [-0.05, 0) is 33.6 Å². The molecule has 0 spiro atoms. The van der Waals surface area contributed by atoms with E-state index >= 15 is 0 Å². The lowest BCUT2D eigenvalue weighted by Crippen LogP contribution is -2.49. The molecular weight excluding hydrogens is 306 g/mol. The van der Waals surface area contributed by atoms with E-state index in [2.05, 4.69) is 5.32 Å². The summed E-state index contributed by atoms with van der Waals surface area (Å²) < 4.78 is 0. The van der Waals surface area contributed by atoms with Crippen LogP contribution in [0.3, 0.4) is 0 Å². The number of piperidine rings is 1. The van der Waals surface area contributed by atoms with Gasteiger partial charge in [0.25, 0.3) is 0 Å². The molecule has 136 valence electrons. The number of amides is 3. The van der Waals surface area contributed by atoms with Gasteiger partial charge in [-0.15, -0.1) is 0 Å². The smallest absolute Gasteiger partial charge is 0.225 e. The van der Waals surface area contributed by atoms with Crippen molar-refractivity contribution in [2.24, 2.45) is 11.8 Å². The number of carbonyl (C=O) groups is 3. The van der Waals surface area contributed by atoms with E-state index in [1.807, 2.05) is 39.5 Å². The van der Waals surface area contributed by atoms with E-state index in [-0.39, 0.29) is 41.1 Å². The number of hydrogen-bond acceptors (Lipinski definition) is 3. The van der Waals surface area contributed by atoms with Crippen LogP contribution in [-0.4, -0.2) is 58.7 Å². The van der Waals surface area contributed by atoms with Crippen LogP contribution in [0.2, 0.25) is 0 Å². The molecule has 0 radical (unpaired) electrons. The van der Waals surface area contributed by atoms with Gasteiger partial charge >= 0.3 is 0 Å². The van der Waals surface area contributed by atoms with Crippen molar-refractivity contribution in [1.29, 1.82) is 0 Å². The summed E-state index contributed by atoms with van der Waals surface area (Å²) in [5, 5.41) is 3.09. The number of likely N-dealkylation sites (tertiary alicyclic amines) is 2. The fraction of sp³-hybridized carbons (Fsp3) is 0.833. The Kier molecular flexibility index (Phi) is 5.56. The van der Waals surface area contributed by atoms with Gasteiger partial charge in [-0.2, -0.15) is 0 Å². The van der Waals surface area contributed by atoms with E-state index in [0.717, 1.165) is 12.8 Å². The van der Waals surface area contributed by atoms with Gasteiger partial charge in [-0.1, -0.05) is 13.8 Å². The topological polar surface area (TPSA) is 69.7 Å². The van der Waals surface area contributed by atoms with Crippen LogP contribution in [0, 0.1) is 11.8 Å². The zero-order valence-corrected chi connectivity index (χ0v) is 15.6. The Bertz CT molecular complexity index is 502. The maximum atomic E-state index is 12.5. The molecule has 2 heterocycles. The van der Waals surface area contributed by atoms with Gasteiger partial charge in [0.1, 0.15) is 0 Å². The minimum Gasteiger partial charge on any atom is -0.353 e. The molecule has 2 fully saturated rings. The Hall–Kier alpha value is -1.59. The van der Waals surface area contributed by atoms with Crippen LogP contribution < -0.4 is 5.32 Å². The first-order valence-corrected chi connectivity index (χ1v) is 8.99. The van der Waals surface area contributed by atoms with Crippen LogP contribution in [0.4, 0.5) is 0 Å². The summed E-state index contributed by atoms with van der Waals surface area (Å²) in [7, 11) is 0. The van der Waals surface area contributed by atoms with Gasteiger partial charge in [0.05, 0.1) is 5.92 Å². The zero-order valence-electron chi connectivity index (χ0n) is 15.6. The SMILES string of the molecule is CC(C)C(=O)N1CCC(NC(=O)C2CC(=O)N(C(C)(C)C)C2)CC1. The molecule has 1 N–H and O–H groups in total. The monoisotopic (exact) mass is 337 g/mol. The highest BCUT2D eigenvalue weighted by atomic mass is 16.2. The Morgan fingerprint density at radius 2 is 1.75 bits per heavy atom. The molecule has 1 unspecified atom stereocenters. The molecule has 2 aliphatic heterocycles. The molecule has 2 rings (SSSR count). The summed E-state index contributed by atoms with van der Waals surface area (Å²) >= 11 is 0. The van der Waals surface area contributed by atoms with Crippen molar-refractivity contribution in [3.63, 3.8) is 0 Å². The minimum absolute atomic E-state index is 0.0176. The average molecular weight is 337 g/mol. The molecule has 0 aromatic carbocycles. The first-order valence-electron chi connectivity index (χ1n) is 8.99. The highest BCUT2D eigenvalue weighted by Gasteiger charge is 2.40. The van der Waals surface area contributed by atoms with Crippen molar-refractivity contribution in [3.8, 4) is 0 Å². The van der Waals surface area contributed by atoms with Crippen LogP contribution in [0.15, 0.2) is 0 Å². The van der Waals surface area contributed by atoms with E-state index in [1.165, 1.54) is 0 Å². The quantitative estimate of drug-likeness (QED) is 0.846. The van der Waals surface area contributed by atoms with Gasteiger partial charge < -0.3 is 15.1 Å². The van der Waals surface area contributed by atoms with E-state index < -0.39 is 0 Å². The second kappa shape index (κ2) is 7.11. The van der Waals surface area contributed by atoms with Crippen molar-refractivity contribution < 1.29 is 14.4 Å². The van der Waals surface area contributed by atoms with Crippen LogP contribution >= 0.6 is 0 Å². The molecule has 2 saturated heterocycles. The Balaban J connectivity index is 1.82. The summed E-state index contributed by atoms with van der Waals surface area (Å²) in [5.41, 5.74) is -0.241. The molecule has 0 aromatic rings. The molecule has 0 saturated carbocycles. The predicted octanol–water partition coefficient (Wildman–Crippen LogP) is 1.40. The molecule has 1 atom stereocenters. The van der Waals surface area contributed by atoms with E-state index in [4.69, 9.17) is 0 Å². The largest absolute Gasteiger partial charge is 0.353 e. The molecule has 3 amide bonds. The number of rotatable bonds is 3. The van der Waals surface area contributed by atoms with Crippen LogP contribution in [-0.2, 0) is 14.4 Å². The molecule has 6 nitrogen and oxygen atoms in total. The Morgan fingerprint density at radius 1 is 1.17 bits per heavy atom. The number of carbonyl (C=O) groups excluding carboxylic acids is 3. The van der Waals surface area contributed by atoms with E-state index in [0.29, 0.717) is 26.1 Å². The third kappa shape index (κ3) is 4.28. The fourth-order valence-corrected chi connectivity index (χ4v) is 3.46. The second-order valence-corrected chi connectivity index (χ2v) is 8.34. The van der Waals surface area contributed by atoms with Crippen molar-refractivity contribution in [2.45, 2.75) is 65.5 Å². The number of hydrogen-bond donors (Lipinski definition) is 1. The number of nitrogens with one attached hydrogen (secondary N) is 1. The van der Waals surface area contributed by atoms with E-state index in [9.17, 15) is 14.4 Å². The van der Waals surface area contributed by atoms with Crippen LogP contribution in [0.5, 0.6) is 0 Å². The van der Waals surface area contributed by atoms with Crippen molar-refractivity contribution in [1.82, 2.24) is 15.1 Å². The number of nitrogens with zero attached hydrogens (tertiary/aromatic N) is 2. The molecule has 0 bridgehead atoms. The molecular formula is C18H31N3O3. The second-order valence-electron chi connectivity index (χ2n) is 8.34. The lowest BCUT2D eigenvalue weighted by molar-refractivity contribution is -0.136. The third-order valence-electron chi connectivity index (χ3n) is 4.95. The minimum atomic E-state index is -0.257. The lowest BCUT2D eigenvalue weighted by Gasteiger charge is -2.34. The molecule has 0 aliphatic carbocycles. The van der Waals surface area contributed by atoms with Gasteiger partial charge in [-0.3, -0.25) is 14.4 Å². The van der Waals surface area contributed by atoms with Gasteiger partial charge in [-0.25, -0.2) is 0 Å². The van der Waals surface area contributed by atoms with Gasteiger partial charge in [0.2, 0.25) is 17.7 Å². The maximum Gasteiger partial charge on any atom is 0.225 e. The van der Waals surface area contributed by atoms with Crippen LogP contribution in [0.25, 0.3) is 0 Å². The van der Waals surface area contributed by atoms with E-state index in [1.54, 1.807) is 4.90 Å². The van der Waals surface area contributed by atoms with Gasteiger partial charge in [0.15, 0.2) is 0 Å². The Morgan fingerprint density at radius 3 is 2.21 bits per heavy atom. The standard InChI is InChI=1S/C18H31N3O3/c1-12(2)17(24)20-8-6-14(7-9-20)19-16(23)13-10-15(22)21(11-13)18(3,4)5/h12-14H,6-11H2,1-5H3,(H,19,23).